The zero-order valence-corrected chi connectivity index (χ0v) is 11.6. The van der Waals surface area contributed by atoms with Crippen LogP contribution in [0.5, 0.6) is 0 Å². The minimum Gasteiger partial charge on any atom is -0.333 e. The van der Waals surface area contributed by atoms with Gasteiger partial charge in [0.15, 0.2) is 0 Å². The highest BCUT2D eigenvalue weighted by Crippen LogP contribution is 2.10. The standard InChI is InChI=1S/C10H17N5O3S/c1-2-7-19(17,18)15-5-3-14(4-6-15)10(16)9-11-8-12-13-9/h8H,2-7H2,1H3,(H,11,12,13). The lowest BCUT2D eigenvalue weighted by Crippen LogP contribution is -2.51. The van der Waals surface area contributed by atoms with Gasteiger partial charge in [-0.2, -0.15) is 9.40 Å². The Kier molecular flexibility index (Phi) is 4.15. The average Bonchev–Trinajstić information content (AvgIpc) is 2.92. The van der Waals surface area contributed by atoms with Gasteiger partial charge < -0.3 is 4.90 Å². The maximum Gasteiger partial charge on any atom is 0.291 e. The molecule has 8 nitrogen and oxygen atoms in total. The van der Waals surface area contributed by atoms with Gasteiger partial charge >= 0.3 is 0 Å². The number of rotatable bonds is 4. The number of nitrogens with one attached hydrogen (secondary N) is 1. The van der Waals surface area contributed by atoms with E-state index in [0.717, 1.165) is 0 Å². The molecule has 0 unspecified atom stereocenters. The number of nitrogens with zero attached hydrogens (tertiary/aromatic N) is 4. The number of carbonyl (C=O) groups is 1. The Morgan fingerprint density at radius 3 is 2.58 bits per heavy atom. The van der Waals surface area contributed by atoms with Gasteiger partial charge in [-0.05, 0) is 6.42 Å². The monoisotopic (exact) mass is 287 g/mol. The topological polar surface area (TPSA) is 99.3 Å². The van der Waals surface area contributed by atoms with Crippen LogP contribution < -0.4 is 0 Å². The van der Waals surface area contributed by atoms with Crippen molar-refractivity contribution < 1.29 is 13.2 Å². The second-order valence-electron chi connectivity index (χ2n) is 4.34. The third-order valence-electron chi connectivity index (χ3n) is 3.00. The zero-order chi connectivity index (χ0) is 13.9. The smallest absolute Gasteiger partial charge is 0.291 e. The van der Waals surface area contributed by atoms with Crippen LogP contribution in [0.25, 0.3) is 0 Å². The number of hydrogen-bond acceptors (Lipinski definition) is 5. The van der Waals surface area contributed by atoms with Crippen molar-refractivity contribution in [3.05, 3.63) is 12.2 Å². The summed E-state index contributed by atoms with van der Waals surface area (Å²) < 4.78 is 25.2. The summed E-state index contributed by atoms with van der Waals surface area (Å²) >= 11 is 0. The van der Waals surface area contributed by atoms with Gasteiger partial charge in [0, 0.05) is 26.2 Å². The second kappa shape index (κ2) is 5.66. The Bertz CT molecular complexity index is 519. The molecule has 1 aromatic rings. The van der Waals surface area contributed by atoms with Crippen LogP contribution in [0.15, 0.2) is 6.33 Å². The minimum atomic E-state index is -3.18. The number of H-pyrrole nitrogens is 1. The highest BCUT2D eigenvalue weighted by atomic mass is 32.2. The van der Waals surface area contributed by atoms with Crippen LogP contribution >= 0.6 is 0 Å². The molecule has 1 aromatic heterocycles. The number of hydrogen-bond donors (Lipinski definition) is 1. The van der Waals surface area contributed by atoms with E-state index in [9.17, 15) is 13.2 Å². The van der Waals surface area contributed by atoms with Gasteiger partial charge in [-0.15, -0.1) is 0 Å². The van der Waals surface area contributed by atoms with Crippen LogP contribution in [0.2, 0.25) is 0 Å². The quantitative estimate of drug-likeness (QED) is 0.789. The number of amides is 1. The number of piperazine rings is 1. The first-order valence-electron chi connectivity index (χ1n) is 6.17. The van der Waals surface area contributed by atoms with E-state index >= 15 is 0 Å². The summed E-state index contributed by atoms with van der Waals surface area (Å²) in [6.07, 6.45) is 1.87. The summed E-state index contributed by atoms with van der Waals surface area (Å²) in [4.78, 5) is 17.3. The maximum atomic E-state index is 12.0. The lowest BCUT2D eigenvalue weighted by Gasteiger charge is -2.33. The lowest BCUT2D eigenvalue weighted by molar-refractivity contribution is 0.0686. The molecule has 0 atom stereocenters. The highest BCUT2D eigenvalue weighted by molar-refractivity contribution is 7.89. The van der Waals surface area contributed by atoms with Crippen LogP contribution in [0.1, 0.15) is 24.0 Å². The van der Waals surface area contributed by atoms with Crippen LogP contribution in [0.3, 0.4) is 0 Å². The molecule has 0 aromatic carbocycles. The Balaban J connectivity index is 1.94. The highest BCUT2D eigenvalue weighted by Gasteiger charge is 2.29. The Labute approximate surface area is 111 Å². The van der Waals surface area contributed by atoms with Gasteiger partial charge in [0.25, 0.3) is 5.91 Å². The van der Waals surface area contributed by atoms with Crippen molar-refractivity contribution in [2.24, 2.45) is 0 Å². The SMILES string of the molecule is CCCS(=O)(=O)N1CCN(C(=O)c2ncn[nH]2)CC1. The molecule has 0 aliphatic carbocycles. The van der Waals surface area contributed by atoms with Gasteiger partial charge in [-0.3, -0.25) is 9.89 Å². The Hall–Kier alpha value is -1.48. The third-order valence-corrected chi connectivity index (χ3v) is 5.08. The molecule has 0 spiro atoms. The largest absolute Gasteiger partial charge is 0.333 e. The molecule has 1 amide bonds. The summed E-state index contributed by atoms with van der Waals surface area (Å²) in [5.74, 6) is 0.0955. The first kappa shape index (κ1) is 13.9. The predicted molar refractivity (Wildman–Crippen MR) is 67.9 cm³/mol. The minimum absolute atomic E-state index is 0.156. The van der Waals surface area contributed by atoms with E-state index in [1.807, 2.05) is 6.92 Å². The predicted octanol–water partition coefficient (Wildman–Crippen LogP) is -0.698. The van der Waals surface area contributed by atoms with E-state index in [2.05, 4.69) is 15.2 Å². The fraction of sp³-hybridized carbons (Fsp3) is 0.700. The van der Waals surface area contributed by atoms with E-state index < -0.39 is 10.0 Å². The summed E-state index contributed by atoms with van der Waals surface area (Å²) in [5.41, 5.74) is 0. The van der Waals surface area contributed by atoms with Gasteiger partial charge in [0.2, 0.25) is 15.8 Å². The second-order valence-corrected chi connectivity index (χ2v) is 6.43. The van der Waals surface area contributed by atoms with Gasteiger partial charge in [-0.25, -0.2) is 13.4 Å². The molecule has 0 bridgehead atoms. The van der Waals surface area contributed by atoms with Crippen molar-refractivity contribution in [3.63, 3.8) is 0 Å². The number of aromatic amines is 1. The first-order valence-corrected chi connectivity index (χ1v) is 7.78. The number of carbonyl (C=O) groups excluding carboxylic acids is 1. The van der Waals surface area contributed by atoms with Crippen LogP contribution in [0.4, 0.5) is 0 Å². The van der Waals surface area contributed by atoms with E-state index in [-0.39, 0.29) is 17.5 Å². The molecule has 2 rings (SSSR count). The van der Waals surface area contributed by atoms with Gasteiger partial charge in [-0.1, -0.05) is 6.92 Å². The number of sulfonamides is 1. The van der Waals surface area contributed by atoms with Crippen molar-refractivity contribution in [1.29, 1.82) is 0 Å². The molecule has 2 heterocycles. The summed E-state index contributed by atoms with van der Waals surface area (Å²) in [6, 6.07) is 0. The lowest BCUT2D eigenvalue weighted by atomic mass is 10.3. The molecule has 1 N–H and O–H groups in total. The van der Waals surface area contributed by atoms with Crippen LogP contribution in [0, 0.1) is 0 Å². The molecule has 1 saturated heterocycles. The molecule has 19 heavy (non-hydrogen) atoms. The Morgan fingerprint density at radius 2 is 2.05 bits per heavy atom. The van der Waals surface area contributed by atoms with Crippen molar-refractivity contribution >= 4 is 15.9 Å². The van der Waals surface area contributed by atoms with Crippen molar-refractivity contribution in [2.45, 2.75) is 13.3 Å². The molecular formula is C10H17N5O3S. The molecule has 1 aliphatic heterocycles. The first-order chi connectivity index (χ1) is 9.04. The normalized spacial score (nSPS) is 17.6. The Morgan fingerprint density at radius 1 is 1.37 bits per heavy atom. The zero-order valence-electron chi connectivity index (χ0n) is 10.7. The van der Waals surface area contributed by atoms with Crippen LogP contribution in [-0.4, -0.2) is 70.6 Å². The maximum absolute atomic E-state index is 12.0. The van der Waals surface area contributed by atoms with Gasteiger partial charge in [0.1, 0.15) is 6.33 Å². The number of aromatic nitrogens is 3. The van der Waals surface area contributed by atoms with Crippen molar-refractivity contribution in [3.8, 4) is 0 Å². The van der Waals surface area contributed by atoms with E-state index in [1.54, 1.807) is 4.90 Å². The van der Waals surface area contributed by atoms with E-state index in [4.69, 9.17) is 0 Å². The average molecular weight is 287 g/mol. The molecule has 106 valence electrons. The summed E-state index contributed by atoms with van der Waals surface area (Å²) in [5, 5.41) is 6.14. The van der Waals surface area contributed by atoms with Crippen molar-refractivity contribution in [2.75, 3.05) is 31.9 Å². The van der Waals surface area contributed by atoms with Gasteiger partial charge in [0.05, 0.1) is 5.75 Å². The van der Waals surface area contributed by atoms with Crippen molar-refractivity contribution in [1.82, 2.24) is 24.4 Å². The molecule has 0 saturated carbocycles. The van der Waals surface area contributed by atoms with E-state index in [0.29, 0.717) is 32.6 Å². The summed E-state index contributed by atoms with van der Waals surface area (Å²) in [6.45, 7) is 3.26. The fourth-order valence-corrected chi connectivity index (χ4v) is 3.51. The fourth-order valence-electron chi connectivity index (χ4n) is 2.01. The molecular weight excluding hydrogens is 270 g/mol. The summed E-state index contributed by atoms with van der Waals surface area (Å²) in [7, 11) is -3.18. The third kappa shape index (κ3) is 3.10. The van der Waals surface area contributed by atoms with Crippen LogP contribution in [-0.2, 0) is 10.0 Å². The molecule has 1 aliphatic rings. The molecule has 9 heteroatoms. The molecule has 1 fully saturated rings. The molecule has 0 radical (unpaired) electrons. The van der Waals surface area contributed by atoms with E-state index in [1.165, 1.54) is 10.6 Å².